The molecule has 4 rings (SSSR count). The molecule has 2 heterocycles. The third kappa shape index (κ3) is 2.25. The minimum atomic E-state index is 0.610. The van der Waals surface area contributed by atoms with Crippen molar-refractivity contribution in [2.45, 2.75) is 13.8 Å². The summed E-state index contributed by atoms with van der Waals surface area (Å²) in [5.74, 6) is 0.738. The minimum absolute atomic E-state index is 0.610. The Hall–Kier alpha value is -3.39. The van der Waals surface area contributed by atoms with E-state index in [4.69, 9.17) is 5.26 Å². The highest BCUT2D eigenvalue weighted by Crippen LogP contribution is 2.30. The van der Waals surface area contributed by atoms with Crippen LogP contribution in [0.15, 0.2) is 42.6 Å². The summed E-state index contributed by atoms with van der Waals surface area (Å²) >= 11 is 0. The number of aromatic nitrogens is 4. The lowest BCUT2D eigenvalue weighted by Crippen LogP contribution is -1.87. The molecule has 5 nitrogen and oxygen atoms in total. The predicted octanol–water partition coefficient (Wildman–Crippen LogP) is 4.11. The van der Waals surface area contributed by atoms with Gasteiger partial charge in [0.1, 0.15) is 5.82 Å². The Morgan fingerprint density at radius 2 is 1.92 bits per heavy atom. The second kappa shape index (κ2) is 5.36. The number of aromatic amines is 2. The summed E-state index contributed by atoms with van der Waals surface area (Å²) in [6.45, 7) is 4.19. The highest BCUT2D eigenvalue weighted by Gasteiger charge is 2.14. The Morgan fingerprint density at radius 1 is 1.04 bits per heavy atom. The van der Waals surface area contributed by atoms with Gasteiger partial charge in [0, 0.05) is 5.56 Å². The maximum Gasteiger partial charge on any atom is 0.142 e. The fourth-order valence-corrected chi connectivity index (χ4v) is 2.79. The molecule has 0 unspecified atom stereocenters. The number of nitrogens with one attached hydrogen (secondary N) is 2. The van der Waals surface area contributed by atoms with Crippen molar-refractivity contribution in [3.8, 4) is 28.7 Å². The second-order valence-corrected chi connectivity index (χ2v) is 5.89. The average molecular weight is 313 g/mol. The fourth-order valence-electron chi connectivity index (χ4n) is 2.79. The lowest BCUT2D eigenvalue weighted by molar-refractivity contribution is 1.09. The first kappa shape index (κ1) is 14.2. The van der Waals surface area contributed by atoms with Gasteiger partial charge in [0.25, 0.3) is 0 Å². The third-order valence-corrected chi connectivity index (χ3v) is 4.30. The molecule has 2 N–H and O–H groups in total. The van der Waals surface area contributed by atoms with Crippen LogP contribution in [-0.2, 0) is 0 Å². The quantitative estimate of drug-likeness (QED) is 0.584. The van der Waals surface area contributed by atoms with Crippen LogP contribution >= 0.6 is 0 Å². The van der Waals surface area contributed by atoms with E-state index >= 15 is 0 Å². The fraction of sp³-hybridized carbons (Fsp3) is 0.105. The van der Waals surface area contributed by atoms with Crippen molar-refractivity contribution in [3.05, 3.63) is 59.3 Å². The number of imidazole rings is 1. The van der Waals surface area contributed by atoms with E-state index in [2.05, 4.69) is 58.3 Å². The van der Waals surface area contributed by atoms with Gasteiger partial charge in [0.05, 0.1) is 40.1 Å². The van der Waals surface area contributed by atoms with E-state index in [9.17, 15) is 0 Å². The SMILES string of the molecule is Cc1ccc(-c2[nH]ncc2-c2nc3ccc(C#N)cc3[nH]2)cc1C. The molecule has 0 radical (unpaired) electrons. The molecule has 24 heavy (non-hydrogen) atoms. The van der Waals surface area contributed by atoms with Crippen LogP contribution in [0.4, 0.5) is 0 Å². The van der Waals surface area contributed by atoms with Crippen LogP contribution in [0.25, 0.3) is 33.7 Å². The van der Waals surface area contributed by atoms with Gasteiger partial charge in [-0.3, -0.25) is 5.10 Å². The van der Waals surface area contributed by atoms with Gasteiger partial charge in [0.2, 0.25) is 0 Å². The van der Waals surface area contributed by atoms with Gasteiger partial charge < -0.3 is 4.98 Å². The van der Waals surface area contributed by atoms with Crippen molar-refractivity contribution in [3.63, 3.8) is 0 Å². The number of fused-ring (bicyclic) bond motifs is 1. The first-order valence-electron chi connectivity index (χ1n) is 7.67. The Morgan fingerprint density at radius 3 is 2.71 bits per heavy atom. The standard InChI is InChI=1S/C19H15N5/c1-11-3-5-14(7-12(11)2)18-15(10-21-24-18)19-22-16-6-4-13(9-20)8-17(16)23-19/h3-8,10H,1-2H3,(H,21,24)(H,22,23). The van der Waals surface area contributed by atoms with Crippen LogP contribution in [-0.4, -0.2) is 20.2 Å². The monoisotopic (exact) mass is 313 g/mol. The van der Waals surface area contributed by atoms with Crippen LogP contribution in [0.2, 0.25) is 0 Å². The first-order valence-corrected chi connectivity index (χ1v) is 7.67. The summed E-state index contributed by atoms with van der Waals surface area (Å²) in [4.78, 5) is 7.92. The van der Waals surface area contributed by atoms with E-state index in [1.165, 1.54) is 11.1 Å². The van der Waals surface area contributed by atoms with Gasteiger partial charge in [-0.15, -0.1) is 0 Å². The number of nitriles is 1. The molecule has 5 heteroatoms. The van der Waals surface area contributed by atoms with Gasteiger partial charge in [-0.25, -0.2) is 4.98 Å². The van der Waals surface area contributed by atoms with Crippen molar-refractivity contribution >= 4 is 11.0 Å². The van der Waals surface area contributed by atoms with E-state index in [1.807, 2.05) is 12.1 Å². The molecular formula is C19H15N5. The number of H-pyrrole nitrogens is 2. The molecule has 0 aliphatic heterocycles. The van der Waals surface area contributed by atoms with E-state index in [1.54, 1.807) is 12.3 Å². The van der Waals surface area contributed by atoms with Crippen LogP contribution in [0, 0.1) is 25.2 Å². The maximum atomic E-state index is 9.03. The summed E-state index contributed by atoms with van der Waals surface area (Å²) in [7, 11) is 0. The molecule has 0 saturated heterocycles. The number of benzene rings is 2. The van der Waals surface area contributed by atoms with E-state index in [-0.39, 0.29) is 0 Å². The van der Waals surface area contributed by atoms with Crippen molar-refractivity contribution in [1.29, 1.82) is 5.26 Å². The number of rotatable bonds is 2. The molecule has 0 aliphatic rings. The van der Waals surface area contributed by atoms with E-state index in [0.29, 0.717) is 5.56 Å². The zero-order valence-corrected chi connectivity index (χ0v) is 13.4. The smallest absolute Gasteiger partial charge is 0.142 e. The number of nitrogens with zero attached hydrogens (tertiary/aromatic N) is 3. The molecule has 0 aliphatic carbocycles. The predicted molar refractivity (Wildman–Crippen MR) is 93.3 cm³/mol. The van der Waals surface area contributed by atoms with Crippen molar-refractivity contribution in [1.82, 2.24) is 20.2 Å². The summed E-state index contributed by atoms with van der Waals surface area (Å²) in [5.41, 5.74) is 7.69. The van der Waals surface area contributed by atoms with Crippen molar-refractivity contribution < 1.29 is 0 Å². The molecule has 4 aromatic rings. The second-order valence-electron chi connectivity index (χ2n) is 5.89. The topological polar surface area (TPSA) is 81.2 Å². The van der Waals surface area contributed by atoms with Crippen molar-refractivity contribution in [2.75, 3.05) is 0 Å². The normalized spacial score (nSPS) is 10.9. The van der Waals surface area contributed by atoms with Crippen molar-refractivity contribution in [2.24, 2.45) is 0 Å². The average Bonchev–Trinajstić information content (AvgIpc) is 3.22. The highest BCUT2D eigenvalue weighted by atomic mass is 15.1. The Kier molecular flexibility index (Phi) is 3.17. The maximum absolute atomic E-state index is 9.03. The summed E-state index contributed by atoms with van der Waals surface area (Å²) in [6.07, 6.45) is 1.77. The van der Waals surface area contributed by atoms with Gasteiger partial charge in [0.15, 0.2) is 0 Å². The first-order chi connectivity index (χ1) is 11.7. The molecule has 0 saturated carbocycles. The summed E-state index contributed by atoms with van der Waals surface area (Å²) in [5, 5.41) is 16.3. The van der Waals surface area contributed by atoms with Gasteiger partial charge in [-0.1, -0.05) is 12.1 Å². The van der Waals surface area contributed by atoms with Crippen LogP contribution in [0.1, 0.15) is 16.7 Å². The molecule has 116 valence electrons. The van der Waals surface area contributed by atoms with Gasteiger partial charge >= 0.3 is 0 Å². The molecule has 2 aromatic heterocycles. The molecule has 2 aromatic carbocycles. The van der Waals surface area contributed by atoms with Crippen LogP contribution in [0.3, 0.4) is 0 Å². The van der Waals surface area contributed by atoms with Gasteiger partial charge in [-0.05, 0) is 49.2 Å². The summed E-state index contributed by atoms with van der Waals surface area (Å²) in [6, 6.07) is 13.9. The summed E-state index contributed by atoms with van der Waals surface area (Å²) < 4.78 is 0. The van der Waals surface area contributed by atoms with E-state index < -0.39 is 0 Å². The number of hydrogen-bond acceptors (Lipinski definition) is 3. The lowest BCUT2D eigenvalue weighted by Gasteiger charge is -2.05. The third-order valence-electron chi connectivity index (χ3n) is 4.30. The zero-order valence-electron chi connectivity index (χ0n) is 13.4. The van der Waals surface area contributed by atoms with Crippen LogP contribution in [0.5, 0.6) is 0 Å². The largest absolute Gasteiger partial charge is 0.338 e. The zero-order chi connectivity index (χ0) is 16.7. The molecular weight excluding hydrogens is 298 g/mol. The number of aryl methyl sites for hydroxylation is 2. The Bertz CT molecular complexity index is 1090. The molecule has 0 fully saturated rings. The van der Waals surface area contributed by atoms with Gasteiger partial charge in [-0.2, -0.15) is 10.4 Å². The Labute approximate surface area is 139 Å². The molecule has 0 spiro atoms. The lowest BCUT2D eigenvalue weighted by atomic mass is 10.0. The Balaban J connectivity index is 1.85. The highest BCUT2D eigenvalue weighted by molar-refractivity contribution is 5.84. The molecule has 0 amide bonds. The molecule has 0 atom stereocenters. The molecule has 0 bridgehead atoms. The van der Waals surface area contributed by atoms with Crippen LogP contribution < -0.4 is 0 Å². The minimum Gasteiger partial charge on any atom is -0.338 e. The van der Waals surface area contributed by atoms with E-state index in [0.717, 1.165) is 33.7 Å². The number of hydrogen-bond donors (Lipinski definition) is 2.